The van der Waals surface area contributed by atoms with E-state index in [9.17, 15) is 9.18 Å². The van der Waals surface area contributed by atoms with Crippen molar-refractivity contribution < 1.29 is 18.7 Å². The maximum Gasteiger partial charge on any atom is 0.412 e. The highest BCUT2D eigenvalue weighted by Crippen LogP contribution is 2.27. The minimum atomic E-state index is -0.592. The molecule has 0 radical (unpaired) electrons. The number of amides is 1. The molecular formula is C16H23FN2O3. The van der Waals surface area contributed by atoms with Crippen molar-refractivity contribution in [1.82, 2.24) is 0 Å². The molecule has 0 saturated carbocycles. The van der Waals surface area contributed by atoms with E-state index in [2.05, 4.69) is 10.6 Å². The number of anilines is 2. The lowest BCUT2D eigenvalue weighted by atomic mass is 10.1. The Kier molecular flexibility index (Phi) is 4.90. The van der Waals surface area contributed by atoms with Crippen molar-refractivity contribution >= 4 is 17.5 Å². The molecule has 0 aromatic heterocycles. The van der Waals surface area contributed by atoms with E-state index in [1.165, 1.54) is 18.2 Å². The first-order valence-corrected chi connectivity index (χ1v) is 7.42. The Morgan fingerprint density at radius 3 is 2.68 bits per heavy atom. The molecule has 22 heavy (non-hydrogen) atoms. The molecule has 0 aliphatic carbocycles. The van der Waals surface area contributed by atoms with Crippen molar-refractivity contribution in [1.29, 1.82) is 0 Å². The first-order valence-electron chi connectivity index (χ1n) is 7.42. The van der Waals surface area contributed by atoms with Crippen LogP contribution in [-0.2, 0) is 9.47 Å². The summed E-state index contributed by atoms with van der Waals surface area (Å²) in [4.78, 5) is 11.9. The molecule has 1 aliphatic heterocycles. The first-order chi connectivity index (χ1) is 10.2. The summed E-state index contributed by atoms with van der Waals surface area (Å²) < 4.78 is 24.2. The van der Waals surface area contributed by atoms with E-state index in [1.807, 2.05) is 6.92 Å². The third-order valence-electron chi connectivity index (χ3n) is 3.33. The predicted octanol–water partition coefficient (Wildman–Crippen LogP) is 3.76. The van der Waals surface area contributed by atoms with Gasteiger partial charge in [0, 0.05) is 6.61 Å². The highest BCUT2D eigenvalue weighted by molar-refractivity contribution is 5.89. The van der Waals surface area contributed by atoms with Crippen molar-refractivity contribution in [3.63, 3.8) is 0 Å². The molecule has 1 aliphatic rings. The van der Waals surface area contributed by atoms with Crippen LogP contribution >= 0.6 is 0 Å². The standard InChI is InChI=1S/C16H23FN2O3/c1-10-12(7-8-21-10)18-14-9-11(17)5-6-13(14)19-15(20)22-16(2,3)4/h5-6,9-10,12,18H,7-8H2,1-4H3,(H,19,20). The smallest absolute Gasteiger partial charge is 0.412 e. The van der Waals surface area contributed by atoms with Crippen LogP contribution in [0.5, 0.6) is 0 Å². The third kappa shape index (κ3) is 4.59. The molecule has 1 heterocycles. The van der Waals surface area contributed by atoms with Gasteiger partial charge in [-0.2, -0.15) is 0 Å². The molecule has 0 spiro atoms. The Hall–Kier alpha value is -1.82. The maximum atomic E-state index is 13.5. The van der Waals surface area contributed by atoms with Gasteiger partial charge >= 0.3 is 6.09 Å². The summed E-state index contributed by atoms with van der Waals surface area (Å²) in [6.07, 6.45) is 0.305. The van der Waals surface area contributed by atoms with Gasteiger partial charge in [0.25, 0.3) is 0 Å². The summed E-state index contributed by atoms with van der Waals surface area (Å²) in [7, 11) is 0. The number of ether oxygens (including phenoxy) is 2. The van der Waals surface area contributed by atoms with Crippen molar-refractivity contribution in [2.45, 2.75) is 51.9 Å². The second-order valence-corrected chi connectivity index (χ2v) is 6.43. The average molecular weight is 310 g/mol. The van der Waals surface area contributed by atoms with E-state index in [0.29, 0.717) is 18.0 Å². The molecule has 1 aromatic rings. The van der Waals surface area contributed by atoms with Gasteiger partial charge in [0.15, 0.2) is 0 Å². The van der Waals surface area contributed by atoms with Gasteiger partial charge in [0.2, 0.25) is 0 Å². The Morgan fingerprint density at radius 1 is 1.36 bits per heavy atom. The summed E-state index contributed by atoms with van der Waals surface area (Å²) in [5.74, 6) is -0.371. The van der Waals surface area contributed by atoms with Crippen molar-refractivity contribution in [3.05, 3.63) is 24.0 Å². The Labute approximate surface area is 130 Å². The van der Waals surface area contributed by atoms with Gasteiger partial charge in [-0.05, 0) is 52.3 Å². The van der Waals surface area contributed by atoms with Gasteiger partial charge in [-0.3, -0.25) is 5.32 Å². The van der Waals surface area contributed by atoms with E-state index in [0.717, 1.165) is 6.42 Å². The summed E-state index contributed by atoms with van der Waals surface area (Å²) in [6.45, 7) is 7.99. The quantitative estimate of drug-likeness (QED) is 0.892. The Bertz CT molecular complexity index is 543. The number of hydrogen-bond acceptors (Lipinski definition) is 4. The topological polar surface area (TPSA) is 59.6 Å². The molecule has 2 unspecified atom stereocenters. The summed E-state index contributed by atoms with van der Waals surface area (Å²) in [6, 6.07) is 4.26. The Morgan fingerprint density at radius 2 is 2.09 bits per heavy atom. The SMILES string of the molecule is CC1OCCC1Nc1cc(F)ccc1NC(=O)OC(C)(C)C. The molecule has 0 bridgehead atoms. The zero-order chi connectivity index (χ0) is 16.3. The van der Waals surface area contributed by atoms with Gasteiger partial charge in [0.1, 0.15) is 11.4 Å². The largest absolute Gasteiger partial charge is 0.444 e. The van der Waals surface area contributed by atoms with Crippen molar-refractivity contribution in [2.24, 2.45) is 0 Å². The van der Waals surface area contributed by atoms with E-state index in [-0.39, 0.29) is 18.0 Å². The third-order valence-corrected chi connectivity index (χ3v) is 3.33. The molecule has 2 N–H and O–H groups in total. The fraction of sp³-hybridized carbons (Fsp3) is 0.562. The highest BCUT2D eigenvalue weighted by Gasteiger charge is 2.25. The number of carbonyl (C=O) groups is 1. The molecule has 5 nitrogen and oxygen atoms in total. The fourth-order valence-electron chi connectivity index (χ4n) is 2.28. The fourth-order valence-corrected chi connectivity index (χ4v) is 2.28. The molecule has 2 rings (SSSR count). The number of halogens is 1. The van der Waals surface area contributed by atoms with Crippen LogP contribution < -0.4 is 10.6 Å². The van der Waals surface area contributed by atoms with Crippen LogP contribution in [0.1, 0.15) is 34.1 Å². The summed E-state index contributed by atoms with van der Waals surface area (Å²) in [5.41, 5.74) is 0.411. The molecule has 1 fully saturated rings. The first kappa shape index (κ1) is 16.5. The van der Waals surface area contributed by atoms with Crippen LogP contribution in [0.15, 0.2) is 18.2 Å². The van der Waals surface area contributed by atoms with Crippen molar-refractivity contribution in [2.75, 3.05) is 17.2 Å². The Balaban J connectivity index is 2.12. The second kappa shape index (κ2) is 6.52. The van der Waals surface area contributed by atoms with E-state index in [1.54, 1.807) is 20.8 Å². The number of carbonyl (C=O) groups excluding carboxylic acids is 1. The molecule has 2 atom stereocenters. The zero-order valence-corrected chi connectivity index (χ0v) is 13.4. The normalized spacial score (nSPS) is 21.5. The average Bonchev–Trinajstić information content (AvgIpc) is 2.76. The molecule has 1 saturated heterocycles. The number of rotatable bonds is 3. The van der Waals surface area contributed by atoms with Gasteiger partial charge in [0.05, 0.1) is 23.5 Å². The predicted molar refractivity (Wildman–Crippen MR) is 83.7 cm³/mol. The van der Waals surface area contributed by atoms with Crippen LogP contribution in [0.25, 0.3) is 0 Å². The zero-order valence-electron chi connectivity index (χ0n) is 13.4. The molecule has 122 valence electrons. The van der Waals surface area contributed by atoms with E-state index < -0.39 is 11.7 Å². The minimum Gasteiger partial charge on any atom is -0.444 e. The molecule has 1 aromatic carbocycles. The van der Waals surface area contributed by atoms with Gasteiger partial charge < -0.3 is 14.8 Å². The highest BCUT2D eigenvalue weighted by atomic mass is 19.1. The maximum absolute atomic E-state index is 13.5. The van der Waals surface area contributed by atoms with Gasteiger partial charge in [-0.15, -0.1) is 0 Å². The lowest BCUT2D eigenvalue weighted by Crippen LogP contribution is -2.29. The lowest BCUT2D eigenvalue weighted by molar-refractivity contribution is 0.0636. The van der Waals surface area contributed by atoms with E-state index >= 15 is 0 Å². The summed E-state index contributed by atoms with van der Waals surface area (Å²) >= 11 is 0. The summed E-state index contributed by atoms with van der Waals surface area (Å²) in [5, 5.41) is 5.88. The van der Waals surface area contributed by atoms with Gasteiger partial charge in [-0.25, -0.2) is 9.18 Å². The van der Waals surface area contributed by atoms with Gasteiger partial charge in [-0.1, -0.05) is 0 Å². The number of nitrogens with one attached hydrogen (secondary N) is 2. The molecular weight excluding hydrogens is 287 g/mol. The molecule has 6 heteroatoms. The second-order valence-electron chi connectivity index (χ2n) is 6.43. The van der Waals surface area contributed by atoms with Crippen LogP contribution in [0, 0.1) is 5.82 Å². The van der Waals surface area contributed by atoms with E-state index in [4.69, 9.17) is 9.47 Å². The van der Waals surface area contributed by atoms with Crippen molar-refractivity contribution in [3.8, 4) is 0 Å². The molecule has 1 amide bonds. The van der Waals surface area contributed by atoms with Crippen LogP contribution in [-0.4, -0.2) is 30.4 Å². The number of benzene rings is 1. The van der Waals surface area contributed by atoms with Crippen LogP contribution in [0.3, 0.4) is 0 Å². The monoisotopic (exact) mass is 310 g/mol. The van der Waals surface area contributed by atoms with Crippen LogP contribution in [0.2, 0.25) is 0 Å². The number of hydrogen-bond donors (Lipinski definition) is 2. The lowest BCUT2D eigenvalue weighted by Gasteiger charge is -2.22. The van der Waals surface area contributed by atoms with Crippen LogP contribution in [0.4, 0.5) is 20.6 Å². The minimum absolute atomic E-state index is 0.0395.